The molecule has 1 aromatic heterocycles. The van der Waals surface area contributed by atoms with Crippen molar-refractivity contribution < 1.29 is 4.74 Å². The zero-order valence-electron chi connectivity index (χ0n) is 14.7. The Kier molecular flexibility index (Phi) is 4.23. The Morgan fingerprint density at radius 1 is 1.00 bits per heavy atom. The van der Waals surface area contributed by atoms with E-state index in [9.17, 15) is 0 Å². The van der Waals surface area contributed by atoms with Crippen LogP contribution >= 0.6 is 11.3 Å². The third-order valence-corrected chi connectivity index (χ3v) is 6.37. The van der Waals surface area contributed by atoms with Crippen molar-refractivity contribution in [2.75, 3.05) is 13.1 Å². The van der Waals surface area contributed by atoms with Crippen molar-refractivity contribution in [1.29, 1.82) is 0 Å². The molecule has 0 bridgehead atoms. The van der Waals surface area contributed by atoms with Gasteiger partial charge in [-0.15, -0.1) is 11.3 Å². The normalized spacial score (nSPS) is 22.5. The summed E-state index contributed by atoms with van der Waals surface area (Å²) in [5.74, 6) is 0.941. The molecule has 0 N–H and O–H groups in total. The van der Waals surface area contributed by atoms with Crippen LogP contribution in [0.2, 0.25) is 0 Å². The second-order valence-electron chi connectivity index (χ2n) is 7.11. The lowest BCUT2D eigenvalue weighted by Crippen LogP contribution is -2.37. The van der Waals surface area contributed by atoms with Crippen LogP contribution in [0.25, 0.3) is 10.6 Å². The lowest BCUT2D eigenvalue weighted by atomic mass is 10.1. The number of thiazole rings is 1. The van der Waals surface area contributed by atoms with Crippen LogP contribution in [0.1, 0.15) is 30.1 Å². The molecule has 2 heterocycles. The second kappa shape index (κ2) is 6.86. The molecule has 0 saturated carbocycles. The summed E-state index contributed by atoms with van der Waals surface area (Å²) in [7, 11) is 0. The molecule has 2 atom stereocenters. The lowest BCUT2D eigenvalue weighted by molar-refractivity contribution is 0.0941. The zero-order valence-corrected chi connectivity index (χ0v) is 15.5. The fraction of sp³-hybridized carbons (Fsp3) is 0.318. The molecule has 1 aliphatic heterocycles. The molecule has 0 unspecified atom stereocenters. The number of rotatable bonds is 4. The monoisotopic (exact) mass is 362 g/mol. The molecule has 0 radical (unpaired) electrons. The maximum absolute atomic E-state index is 6.54. The third kappa shape index (κ3) is 2.93. The predicted octanol–water partition coefficient (Wildman–Crippen LogP) is 4.95. The summed E-state index contributed by atoms with van der Waals surface area (Å²) in [6.07, 6.45) is 5.68. The van der Waals surface area contributed by atoms with Crippen LogP contribution in [-0.4, -0.2) is 29.0 Å². The summed E-state index contributed by atoms with van der Waals surface area (Å²) in [5.41, 5.74) is 3.94. The number of fused-ring (bicyclic) bond motifs is 1. The molecule has 2 aliphatic rings. The van der Waals surface area contributed by atoms with Crippen molar-refractivity contribution in [3.63, 3.8) is 0 Å². The van der Waals surface area contributed by atoms with Gasteiger partial charge >= 0.3 is 0 Å². The Hall–Kier alpha value is -2.17. The number of likely N-dealkylation sites (tertiary alicyclic amines) is 1. The van der Waals surface area contributed by atoms with Crippen LogP contribution in [-0.2, 0) is 6.42 Å². The molecule has 132 valence electrons. The number of aromatic nitrogens is 1. The van der Waals surface area contributed by atoms with Gasteiger partial charge < -0.3 is 4.74 Å². The molecule has 3 nitrogen and oxygen atoms in total. The quantitative estimate of drug-likeness (QED) is 0.656. The standard InChI is InChI=1S/C22H22N2OS/c1-2-6-19-17(5-1)15-20(24-12-3-4-13-24)21(19)25-18-9-7-16(8-10-18)22-23-11-14-26-22/h1-2,5-11,14,20-21H,3-4,12-13,15H2/t20-,21-/m0/s1. The smallest absolute Gasteiger partial charge is 0.140 e. The van der Waals surface area contributed by atoms with Crippen LogP contribution in [0.15, 0.2) is 60.1 Å². The van der Waals surface area contributed by atoms with Gasteiger partial charge in [0.25, 0.3) is 0 Å². The topological polar surface area (TPSA) is 25.4 Å². The van der Waals surface area contributed by atoms with Gasteiger partial charge in [0.1, 0.15) is 16.9 Å². The van der Waals surface area contributed by atoms with Gasteiger partial charge in [-0.1, -0.05) is 24.3 Å². The zero-order chi connectivity index (χ0) is 17.3. The van der Waals surface area contributed by atoms with E-state index in [-0.39, 0.29) is 6.10 Å². The molecule has 2 aromatic carbocycles. The summed E-state index contributed by atoms with van der Waals surface area (Å²) >= 11 is 1.66. The first kappa shape index (κ1) is 16.0. The minimum absolute atomic E-state index is 0.120. The molecule has 1 aliphatic carbocycles. The van der Waals surface area contributed by atoms with E-state index >= 15 is 0 Å². The second-order valence-corrected chi connectivity index (χ2v) is 8.01. The van der Waals surface area contributed by atoms with Crippen molar-refractivity contribution in [3.05, 3.63) is 71.2 Å². The van der Waals surface area contributed by atoms with E-state index in [2.05, 4.69) is 58.4 Å². The molecule has 26 heavy (non-hydrogen) atoms. The van der Waals surface area contributed by atoms with Gasteiger partial charge in [-0.2, -0.15) is 0 Å². The first-order valence-corrected chi connectivity index (χ1v) is 10.2. The first-order chi connectivity index (χ1) is 12.9. The highest BCUT2D eigenvalue weighted by Gasteiger charge is 2.38. The van der Waals surface area contributed by atoms with Crippen LogP contribution < -0.4 is 4.74 Å². The average Bonchev–Trinajstić information content (AvgIpc) is 3.44. The summed E-state index contributed by atoms with van der Waals surface area (Å²) in [5, 5.41) is 3.06. The molecule has 4 heteroatoms. The van der Waals surface area contributed by atoms with Crippen LogP contribution in [0.4, 0.5) is 0 Å². The van der Waals surface area contributed by atoms with Crippen LogP contribution in [0.5, 0.6) is 5.75 Å². The third-order valence-electron chi connectivity index (χ3n) is 5.55. The summed E-state index contributed by atoms with van der Waals surface area (Å²) < 4.78 is 6.54. The van der Waals surface area contributed by atoms with Crippen molar-refractivity contribution in [1.82, 2.24) is 9.88 Å². The highest BCUT2D eigenvalue weighted by atomic mass is 32.1. The number of hydrogen-bond donors (Lipinski definition) is 0. The van der Waals surface area contributed by atoms with E-state index in [4.69, 9.17) is 4.74 Å². The van der Waals surface area contributed by atoms with Crippen molar-refractivity contribution in [2.45, 2.75) is 31.4 Å². The highest BCUT2D eigenvalue weighted by Crippen LogP contribution is 2.39. The molecule has 1 saturated heterocycles. The molecule has 0 amide bonds. The van der Waals surface area contributed by atoms with Gasteiger partial charge in [0.05, 0.1) is 6.04 Å². The van der Waals surface area contributed by atoms with E-state index < -0.39 is 0 Å². The minimum atomic E-state index is 0.120. The Balaban J connectivity index is 1.41. The SMILES string of the molecule is c1ccc2c(c1)C[C@H](N1CCCC1)[C@H]2Oc1ccc(-c2nccs2)cc1. The number of nitrogens with zero attached hydrogens (tertiary/aromatic N) is 2. The first-order valence-electron chi connectivity index (χ1n) is 9.37. The molecular formula is C22H22N2OS. The highest BCUT2D eigenvalue weighted by molar-refractivity contribution is 7.13. The predicted molar refractivity (Wildman–Crippen MR) is 106 cm³/mol. The van der Waals surface area contributed by atoms with Gasteiger partial charge in [-0.05, 0) is 67.7 Å². The maximum atomic E-state index is 6.54. The molecule has 5 rings (SSSR count). The van der Waals surface area contributed by atoms with Gasteiger partial charge in [0.15, 0.2) is 0 Å². The molecular weight excluding hydrogens is 340 g/mol. The largest absolute Gasteiger partial charge is 0.484 e. The number of ether oxygens (including phenoxy) is 1. The maximum Gasteiger partial charge on any atom is 0.140 e. The average molecular weight is 362 g/mol. The van der Waals surface area contributed by atoms with Crippen molar-refractivity contribution in [3.8, 4) is 16.3 Å². The summed E-state index contributed by atoms with van der Waals surface area (Å²) in [6.45, 7) is 2.39. The number of hydrogen-bond acceptors (Lipinski definition) is 4. The Morgan fingerprint density at radius 2 is 1.81 bits per heavy atom. The lowest BCUT2D eigenvalue weighted by Gasteiger charge is -2.30. The van der Waals surface area contributed by atoms with Gasteiger partial charge in [-0.3, -0.25) is 4.90 Å². The van der Waals surface area contributed by atoms with Crippen LogP contribution in [0, 0.1) is 0 Å². The van der Waals surface area contributed by atoms with E-state index in [0.29, 0.717) is 6.04 Å². The molecule has 3 aromatic rings. The summed E-state index contributed by atoms with van der Waals surface area (Å²) in [4.78, 5) is 7.00. The number of benzene rings is 2. The van der Waals surface area contributed by atoms with E-state index in [1.54, 1.807) is 11.3 Å². The Labute approximate surface area is 158 Å². The van der Waals surface area contributed by atoms with Crippen LogP contribution in [0.3, 0.4) is 0 Å². The molecule has 1 fully saturated rings. The Bertz CT molecular complexity index is 869. The van der Waals surface area contributed by atoms with Gasteiger partial charge in [0.2, 0.25) is 0 Å². The van der Waals surface area contributed by atoms with Crippen molar-refractivity contribution in [2.24, 2.45) is 0 Å². The Morgan fingerprint density at radius 3 is 2.58 bits per heavy atom. The van der Waals surface area contributed by atoms with E-state index in [1.165, 1.54) is 37.1 Å². The fourth-order valence-corrected chi connectivity index (χ4v) is 4.91. The van der Waals surface area contributed by atoms with Crippen molar-refractivity contribution >= 4 is 11.3 Å². The fourth-order valence-electron chi connectivity index (χ4n) is 4.26. The van der Waals surface area contributed by atoms with E-state index in [1.807, 2.05) is 11.6 Å². The summed E-state index contributed by atoms with van der Waals surface area (Å²) in [6, 6.07) is 17.6. The minimum Gasteiger partial charge on any atom is -0.484 e. The van der Waals surface area contributed by atoms with Gasteiger partial charge in [-0.25, -0.2) is 4.98 Å². The van der Waals surface area contributed by atoms with Gasteiger partial charge in [0, 0.05) is 17.1 Å². The molecule has 0 spiro atoms. The van der Waals surface area contributed by atoms with E-state index in [0.717, 1.165) is 22.7 Å².